The molecule has 0 heterocycles. The molecule has 0 aromatic heterocycles. The summed E-state index contributed by atoms with van der Waals surface area (Å²) in [6.45, 7) is 5.66. The Bertz CT molecular complexity index is 240. The van der Waals surface area contributed by atoms with Crippen LogP contribution in [0.2, 0.25) is 0 Å². The van der Waals surface area contributed by atoms with Gasteiger partial charge in [-0.15, -0.1) is 0 Å². The molecule has 3 N–H and O–H groups in total. The molecule has 0 aliphatic rings. The maximum atomic E-state index is 11.3. The second-order valence-electron chi connectivity index (χ2n) is 4.52. The fraction of sp³-hybridized carbons (Fsp3) is 0.818. The van der Waals surface area contributed by atoms with Gasteiger partial charge >= 0.3 is 5.97 Å². The number of aliphatic hydroxyl groups is 1. The molecule has 5 nitrogen and oxygen atoms in total. The molecule has 0 aliphatic carbocycles. The van der Waals surface area contributed by atoms with Crippen LogP contribution in [0.1, 0.15) is 33.6 Å². The SMILES string of the molecule is CC(CC(=O)O)CC(=O)NCC(O)C(C)C. The van der Waals surface area contributed by atoms with Crippen molar-refractivity contribution in [3.8, 4) is 0 Å². The first-order valence-corrected chi connectivity index (χ1v) is 5.49. The van der Waals surface area contributed by atoms with Crippen LogP contribution >= 0.6 is 0 Å². The summed E-state index contributed by atoms with van der Waals surface area (Å²) in [5.74, 6) is -1.21. The number of aliphatic carboxylic acids is 1. The standard InChI is InChI=1S/C11H21NO4/c1-7(2)9(13)6-12-10(14)4-8(3)5-11(15)16/h7-9,13H,4-6H2,1-3H3,(H,12,14)(H,15,16). The van der Waals surface area contributed by atoms with E-state index in [1.54, 1.807) is 6.92 Å². The van der Waals surface area contributed by atoms with Crippen LogP contribution in [0.4, 0.5) is 0 Å². The van der Waals surface area contributed by atoms with Crippen LogP contribution < -0.4 is 5.32 Å². The lowest BCUT2D eigenvalue weighted by molar-refractivity contribution is -0.138. The van der Waals surface area contributed by atoms with Crippen LogP contribution in [-0.2, 0) is 9.59 Å². The van der Waals surface area contributed by atoms with Crippen molar-refractivity contribution in [3.05, 3.63) is 0 Å². The van der Waals surface area contributed by atoms with E-state index in [-0.39, 0.29) is 37.1 Å². The van der Waals surface area contributed by atoms with E-state index < -0.39 is 12.1 Å². The number of rotatable bonds is 7. The fourth-order valence-electron chi connectivity index (χ4n) is 1.21. The van der Waals surface area contributed by atoms with Gasteiger partial charge in [-0.1, -0.05) is 20.8 Å². The molecule has 0 aromatic carbocycles. The van der Waals surface area contributed by atoms with Crippen LogP contribution in [0.15, 0.2) is 0 Å². The molecule has 94 valence electrons. The maximum absolute atomic E-state index is 11.3. The van der Waals surface area contributed by atoms with Gasteiger partial charge in [0.05, 0.1) is 6.10 Å². The van der Waals surface area contributed by atoms with Gasteiger partial charge in [-0.3, -0.25) is 9.59 Å². The van der Waals surface area contributed by atoms with Crippen molar-refractivity contribution in [1.82, 2.24) is 5.32 Å². The highest BCUT2D eigenvalue weighted by atomic mass is 16.4. The van der Waals surface area contributed by atoms with Gasteiger partial charge in [-0.05, 0) is 11.8 Å². The quantitative estimate of drug-likeness (QED) is 0.599. The van der Waals surface area contributed by atoms with E-state index >= 15 is 0 Å². The summed E-state index contributed by atoms with van der Waals surface area (Å²) in [5.41, 5.74) is 0. The highest BCUT2D eigenvalue weighted by Crippen LogP contribution is 2.07. The number of carbonyl (C=O) groups excluding carboxylic acids is 1. The zero-order valence-electron chi connectivity index (χ0n) is 10.1. The molecule has 2 atom stereocenters. The van der Waals surface area contributed by atoms with Gasteiger partial charge in [0.1, 0.15) is 0 Å². The molecule has 0 aromatic rings. The van der Waals surface area contributed by atoms with Crippen LogP contribution in [0.5, 0.6) is 0 Å². The Morgan fingerprint density at radius 1 is 1.19 bits per heavy atom. The topological polar surface area (TPSA) is 86.6 Å². The smallest absolute Gasteiger partial charge is 0.303 e. The zero-order chi connectivity index (χ0) is 12.7. The van der Waals surface area contributed by atoms with E-state index in [1.807, 2.05) is 13.8 Å². The number of carbonyl (C=O) groups is 2. The predicted octanol–water partition coefficient (Wildman–Crippen LogP) is 0.620. The van der Waals surface area contributed by atoms with Crippen molar-refractivity contribution in [2.75, 3.05) is 6.54 Å². The average molecular weight is 231 g/mol. The molecule has 0 bridgehead atoms. The lowest BCUT2D eigenvalue weighted by Crippen LogP contribution is -2.35. The van der Waals surface area contributed by atoms with Crippen molar-refractivity contribution in [1.29, 1.82) is 0 Å². The summed E-state index contributed by atoms with van der Waals surface area (Å²) in [6, 6.07) is 0. The van der Waals surface area contributed by atoms with Crippen molar-refractivity contribution in [3.63, 3.8) is 0 Å². The largest absolute Gasteiger partial charge is 0.481 e. The Hall–Kier alpha value is -1.10. The molecule has 16 heavy (non-hydrogen) atoms. The van der Waals surface area contributed by atoms with E-state index in [1.165, 1.54) is 0 Å². The van der Waals surface area contributed by atoms with E-state index in [0.717, 1.165) is 0 Å². The summed E-state index contributed by atoms with van der Waals surface area (Å²) < 4.78 is 0. The lowest BCUT2D eigenvalue weighted by Gasteiger charge is -2.16. The summed E-state index contributed by atoms with van der Waals surface area (Å²) in [4.78, 5) is 21.7. The number of nitrogens with one attached hydrogen (secondary N) is 1. The summed E-state index contributed by atoms with van der Waals surface area (Å²) in [7, 11) is 0. The van der Waals surface area contributed by atoms with Crippen molar-refractivity contribution >= 4 is 11.9 Å². The molecule has 0 radical (unpaired) electrons. The third kappa shape index (κ3) is 7.23. The molecular formula is C11H21NO4. The molecule has 1 amide bonds. The van der Waals surface area contributed by atoms with Gasteiger partial charge in [-0.2, -0.15) is 0 Å². The number of aliphatic hydroxyl groups excluding tert-OH is 1. The number of carboxylic acids is 1. The Kier molecular flexibility index (Phi) is 6.72. The first kappa shape index (κ1) is 14.9. The van der Waals surface area contributed by atoms with Crippen molar-refractivity contribution < 1.29 is 19.8 Å². The predicted molar refractivity (Wildman–Crippen MR) is 59.9 cm³/mol. The Balaban J connectivity index is 3.78. The molecular weight excluding hydrogens is 210 g/mol. The third-order valence-corrected chi connectivity index (χ3v) is 2.33. The third-order valence-electron chi connectivity index (χ3n) is 2.33. The minimum absolute atomic E-state index is 0.0137. The summed E-state index contributed by atoms with van der Waals surface area (Å²) in [5, 5.41) is 20.5. The highest BCUT2D eigenvalue weighted by molar-refractivity contribution is 5.77. The average Bonchev–Trinajstić information content (AvgIpc) is 2.12. The Labute approximate surface area is 95.9 Å². The molecule has 0 saturated carbocycles. The molecule has 2 unspecified atom stereocenters. The van der Waals surface area contributed by atoms with Crippen molar-refractivity contribution in [2.24, 2.45) is 11.8 Å². The Morgan fingerprint density at radius 2 is 1.75 bits per heavy atom. The number of carboxylic acid groups (broad SMARTS) is 1. The fourth-order valence-corrected chi connectivity index (χ4v) is 1.21. The normalized spacial score (nSPS) is 14.6. The van der Waals surface area contributed by atoms with Gasteiger partial charge in [0.25, 0.3) is 0 Å². The van der Waals surface area contributed by atoms with E-state index in [2.05, 4.69) is 5.32 Å². The summed E-state index contributed by atoms with van der Waals surface area (Å²) >= 11 is 0. The van der Waals surface area contributed by atoms with Crippen molar-refractivity contribution in [2.45, 2.75) is 39.7 Å². The second-order valence-corrected chi connectivity index (χ2v) is 4.52. The summed E-state index contributed by atoms with van der Waals surface area (Å²) in [6.07, 6.45) is -0.393. The van der Waals surface area contributed by atoms with Crippen LogP contribution in [0, 0.1) is 11.8 Å². The van der Waals surface area contributed by atoms with E-state index in [0.29, 0.717) is 0 Å². The number of hydrogen-bond donors (Lipinski definition) is 3. The van der Waals surface area contributed by atoms with Gasteiger partial charge in [0.15, 0.2) is 0 Å². The molecule has 0 aliphatic heterocycles. The first-order chi connectivity index (χ1) is 7.32. The van der Waals surface area contributed by atoms with E-state index in [9.17, 15) is 14.7 Å². The highest BCUT2D eigenvalue weighted by Gasteiger charge is 2.14. The molecule has 0 saturated heterocycles. The minimum Gasteiger partial charge on any atom is -0.481 e. The first-order valence-electron chi connectivity index (χ1n) is 5.49. The molecule has 0 fully saturated rings. The molecule has 5 heteroatoms. The van der Waals surface area contributed by atoms with Gasteiger partial charge in [0.2, 0.25) is 5.91 Å². The number of hydrogen-bond acceptors (Lipinski definition) is 3. The van der Waals surface area contributed by atoms with Crippen LogP contribution in [-0.4, -0.2) is 34.7 Å². The van der Waals surface area contributed by atoms with Gasteiger partial charge < -0.3 is 15.5 Å². The molecule has 0 rings (SSSR count). The molecule has 0 spiro atoms. The lowest BCUT2D eigenvalue weighted by atomic mass is 10.0. The maximum Gasteiger partial charge on any atom is 0.303 e. The minimum atomic E-state index is -0.900. The van der Waals surface area contributed by atoms with E-state index in [4.69, 9.17) is 5.11 Å². The Morgan fingerprint density at radius 3 is 2.19 bits per heavy atom. The number of amides is 1. The van der Waals surface area contributed by atoms with Gasteiger partial charge in [-0.25, -0.2) is 0 Å². The second kappa shape index (κ2) is 7.22. The monoisotopic (exact) mass is 231 g/mol. The van der Waals surface area contributed by atoms with Gasteiger partial charge in [0, 0.05) is 19.4 Å². The van der Waals surface area contributed by atoms with Crippen LogP contribution in [0.3, 0.4) is 0 Å². The zero-order valence-corrected chi connectivity index (χ0v) is 10.1. The van der Waals surface area contributed by atoms with Crippen LogP contribution in [0.25, 0.3) is 0 Å².